The van der Waals surface area contributed by atoms with Crippen LogP contribution in [0.5, 0.6) is 0 Å². The highest BCUT2D eigenvalue weighted by molar-refractivity contribution is 6.04. The summed E-state index contributed by atoms with van der Waals surface area (Å²) in [6.07, 6.45) is 3.07. The third kappa shape index (κ3) is 3.24. The van der Waals surface area contributed by atoms with Crippen molar-refractivity contribution in [1.29, 1.82) is 0 Å². The molecule has 0 aliphatic carbocycles. The summed E-state index contributed by atoms with van der Waals surface area (Å²) in [4.78, 5) is 12.2. The van der Waals surface area contributed by atoms with Gasteiger partial charge < -0.3 is 10.4 Å². The van der Waals surface area contributed by atoms with Crippen molar-refractivity contribution in [2.75, 3.05) is 11.9 Å². The molecule has 0 aliphatic rings. The van der Waals surface area contributed by atoms with E-state index in [2.05, 4.69) is 10.4 Å². The van der Waals surface area contributed by atoms with E-state index in [9.17, 15) is 4.79 Å². The van der Waals surface area contributed by atoms with E-state index in [1.165, 1.54) is 0 Å². The van der Waals surface area contributed by atoms with E-state index in [4.69, 9.17) is 5.11 Å². The molecule has 2 rings (SSSR count). The smallest absolute Gasteiger partial charge is 0.259 e. The van der Waals surface area contributed by atoms with Gasteiger partial charge in [-0.2, -0.15) is 5.10 Å². The monoisotopic (exact) mass is 273 g/mol. The maximum absolute atomic E-state index is 12.2. The number of rotatable bonds is 5. The van der Waals surface area contributed by atoms with Crippen LogP contribution in [-0.2, 0) is 19.9 Å². The fourth-order valence-electron chi connectivity index (χ4n) is 2.07. The van der Waals surface area contributed by atoms with Gasteiger partial charge >= 0.3 is 0 Å². The number of amides is 1. The van der Waals surface area contributed by atoms with Crippen molar-refractivity contribution in [1.82, 2.24) is 9.78 Å². The Bertz CT molecular complexity index is 588. The van der Waals surface area contributed by atoms with Crippen molar-refractivity contribution in [3.8, 4) is 0 Å². The highest BCUT2D eigenvalue weighted by atomic mass is 16.2. The number of nitrogens with zero attached hydrogens (tertiary/aromatic N) is 2. The first-order valence-electron chi connectivity index (χ1n) is 6.67. The highest BCUT2D eigenvalue weighted by Crippen LogP contribution is 2.13. The molecule has 20 heavy (non-hydrogen) atoms. The van der Waals surface area contributed by atoms with Crippen LogP contribution in [0, 0.1) is 0 Å². The molecule has 5 nitrogen and oxygen atoms in total. The number of aromatic nitrogens is 2. The maximum atomic E-state index is 12.2. The van der Waals surface area contributed by atoms with Crippen molar-refractivity contribution in [3.05, 3.63) is 47.3 Å². The van der Waals surface area contributed by atoms with Crippen LogP contribution in [0.15, 0.2) is 30.5 Å². The molecule has 2 N–H and O–H groups in total. The summed E-state index contributed by atoms with van der Waals surface area (Å²) in [6, 6.07) is 7.47. The summed E-state index contributed by atoms with van der Waals surface area (Å²) >= 11 is 0. The molecule has 1 aromatic carbocycles. The van der Waals surface area contributed by atoms with E-state index < -0.39 is 0 Å². The largest absolute Gasteiger partial charge is 0.396 e. The number of hydrogen-bond donors (Lipinski definition) is 2. The molecule has 2 aromatic rings. The molecule has 0 radical (unpaired) electrons. The Balaban J connectivity index is 2.10. The molecule has 0 saturated heterocycles. The van der Waals surface area contributed by atoms with Gasteiger partial charge in [-0.25, -0.2) is 0 Å². The van der Waals surface area contributed by atoms with Gasteiger partial charge in [-0.1, -0.05) is 19.1 Å². The molecule has 0 unspecified atom stereocenters. The van der Waals surface area contributed by atoms with Crippen LogP contribution >= 0.6 is 0 Å². The second-order valence-electron chi connectivity index (χ2n) is 4.64. The van der Waals surface area contributed by atoms with Crippen molar-refractivity contribution < 1.29 is 9.90 Å². The Morgan fingerprint density at radius 2 is 2.05 bits per heavy atom. The number of carbonyl (C=O) groups excluding carboxylic acids is 1. The van der Waals surface area contributed by atoms with Gasteiger partial charge in [0.25, 0.3) is 5.91 Å². The van der Waals surface area contributed by atoms with E-state index in [1.807, 2.05) is 31.2 Å². The Kier molecular flexibility index (Phi) is 4.53. The number of nitrogens with one attached hydrogen (secondary N) is 1. The molecule has 0 fully saturated rings. The Morgan fingerprint density at radius 3 is 2.65 bits per heavy atom. The number of benzene rings is 1. The van der Waals surface area contributed by atoms with Gasteiger partial charge in [0.05, 0.1) is 11.3 Å². The predicted octanol–water partition coefficient (Wildman–Crippen LogP) is 1.77. The van der Waals surface area contributed by atoms with E-state index >= 15 is 0 Å². The second kappa shape index (κ2) is 6.34. The molecular weight excluding hydrogens is 254 g/mol. The van der Waals surface area contributed by atoms with Gasteiger partial charge in [0.15, 0.2) is 0 Å². The van der Waals surface area contributed by atoms with Crippen molar-refractivity contribution >= 4 is 11.6 Å². The lowest BCUT2D eigenvalue weighted by Gasteiger charge is -2.06. The van der Waals surface area contributed by atoms with Gasteiger partial charge in [0, 0.05) is 25.5 Å². The standard InChI is InChI=1S/C15H19N3O2/c1-3-14-13(10-18(2)17-14)15(20)16-12-6-4-11(5-7-12)8-9-19/h4-7,10,19H,3,8-9H2,1-2H3,(H,16,20). The molecule has 1 amide bonds. The van der Waals surface area contributed by atoms with E-state index in [0.29, 0.717) is 12.0 Å². The SMILES string of the molecule is CCc1nn(C)cc1C(=O)Nc1ccc(CCO)cc1. The molecule has 1 heterocycles. The van der Waals surface area contributed by atoms with Crippen LogP contribution in [-0.4, -0.2) is 27.4 Å². The van der Waals surface area contributed by atoms with Gasteiger partial charge in [0.1, 0.15) is 0 Å². The second-order valence-corrected chi connectivity index (χ2v) is 4.64. The van der Waals surface area contributed by atoms with Crippen LogP contribution in [0.25, 0.3) is 0 Å². The van der Waals surface area contributed by atoms with E-state index in [1.54, 1.807) is 17.9 Å². The van der Waals surface area contributed by atoms with Crippen LogP contribution in [0.4, 0.5) is 5.69 Å². The zero-order chi connectivity index (χ0) is 14.5. The van der Waals surface area contributed by atoms with Gasteiger partial charge in [-0.15, -0.1) is 0 Å². The molecule has 106 valence electrons. The predicted molar refractivity (Wildman–Crippen MR) is 77.8 cm³/mol. The number of aliphatic hydroxyl groups excluding tert-OH is 1. The number of carbonyl (C=O) groups is 1. The van der Waals surface area contributed by atoms with Crippen LogP contribution in [0.2, 0.25) is 0 Å². The third-order valence-corrected chi connectivity index (χ3v) is 3.10. The van der Waals surface area contributed by atoms with Gasteiger partial charge in [-0.05, 0) is 30.5 Å². The fraction of sp³-hybridized carbons (Fsp3) is 0.333. The summed E-state index contributed by atoms with van der Waals surface area (Å²) < 4.78 is 1.65. The zero-order valence-corrected chi connectivity index (χ0v) is 11.8. The minimum atomic E-state index is -0.148. The minimum Gasteiger partial charge on any atom is -0.396 e. The quantitative estimate of drug-likeness (QED) is 0.872. The van der Waals surface area contributed by atoms with Gasteiger partial charge in [0.2, 0.25) is 0 Å². The molecular formula is C15H19N3O2. The fourth-order valence-corrected chi connectivity index (χ4v) is 2.07. The number of aryl methyl sites for hydroxylation is 2. The van der Waals surface area contributed by atoms with Crippen LogP contribution in [0.3, 0.4) is 0 Å². The first kappa shape index (κ1) is 14.3. The molecule has 5 heteroatoms. The summed E-state index contributed by atoms with van der Waals surface area (Å²) in [6.45, 7) is 2.10. The minimum absolute atomic E-state index is 0.126. The molecule has 1 aromatic heterocycles. The normalized spacial score (nSPS) is 10.6. The van der Waals surface area contributed by atoms with E-state index in [0.717, 1.165) is 23.4 Å². The molecule has 0 bridgehead atoms. The lowest BCUT2D eigenvalue weighted by atomic mass is 10.1. The molecule has 0 spiro atoms. The average Bonchev–Trinajstić information content (AvgIpc) is 2.82. The molecule has 0 saturated carbocycles. The van der Waals surface area contributed by atoms with Crippen molar-refractivity contribution in [2.24, 2.45) is 7.05 Å². The average molecular weight is 273 g/mol. The Morgan fingerprint density at radius 1 is 1.35 bits per heavy atom. The van der Waals surface area contributed by atoms with Crippen molar-refractivity contribution in [2.45, 2.75) is 19.8 Å². The molecule has 0 atom stereocenters. The third-order valence-electron chi connectivity index (χ3n) is 3.10. The lowest BCUT2D eigenvalue weighted by molar-refractivity contribution is 0.102. The summed E-state index contributed by atoms with van der Waals surface area (Å²) in [5.41, 5.74) is 3.18. The van der Waals surface area contributed by atoms with E-state index in [-0.39, 0.29) is 12.5 Å². The highest BCUT2D eigenvalue weighted by Gasteiger charge is 2.14. The summed E-state index contributed by atoms with van der Waals surface area (Å²) in [5.74, 6) is -0.148. The van der Waals surface area contributed by atoms with Crippen LogP contribution in [0.1, 0.15) is 28.5 Å². The van der Waals surface area contributed by atoms with Crippen LogP contribution < -0.4 is 5.32 Å². The Labute approximate surface area is 118 Å². The summed E-state index contributed by atoms with van der Waals surface area (Å²) in [5, 5.41) is 16.0. The number of aliphatic hydroxyl groups is 1. The van der Waals surface area contributed by atoms with Crippen molar-refractivity contribution in [3.63, 3.8) is 0 Å². The zero-order valence-electron chi connectivity index (χ0n) is 11.8. The number of anilines is 1. The topological polar surface area (TPSA) is 67.2 Å². The maximum Gasteiger partial charge on any atom is 0.259 e. The first-order chi connectivity index (χ1) is 9.63. The first-order valence-corrected chi connectivity index (χ1v) is 6.67. The molecule has 0 aliphatic heterocycles. The van der Waals surface area contributed by atoms with Gasteiger partial charge in [-0.3, -0.25) is 9.48 Å². The lowest BCUT2D eigenvalue weighted by Crippen LogP contribution is -2.13. The number of hydrogen-bond acceptors (Lipinski definition) is 3. The Hall–Kier alpha value is -2.14. The summed E-state index contributed by atoms with van der Waals surface area (Å²) in [7, 11) is 1.81.